The highest BCUT2D eigenvalue weighted by atomic mass is 35.5. The molecule has 18 heteroatoms. The maximum absolute atomic E-state index is 15.2. The van der Waals surface area contributed by atoms with Gasteiger partial charge in [-0.05, 0) is 48.2 Å². The third-order valence-corrected chi connectivity index (χ3v) is 8.31. The normalized spacial score (nSPS) is 17.9. The number of ether oxygens (including phenoxy) is 5. The van der Waals surface area contributed by atoms with Gasteiger partial charge >= 0.3 is 18.4 Å². The molecule has 1 saturated heterocycles. The number of aromatic nitrogens is 1. The number of alkyl halides is 3. The highest BCUT2D eigenvalue weighted by Crippen LogP contribution is 2.38. The predicted octanol–water partition coefficient (Wildman–Crippen LogP) is 4.68. The van der Waals surface area contributed by atoms with Crippen LogP contribution in [0.3, 0.4) is 0 Å². The number of hydrogen-bond donors (Lipinski definition) is 4. The molecule has 5 rings (SSSR count). The minimum atomic E-state index is -4.56. The summed E-state index contributed by atoms with van der Waals surface area (Å²) in [4.78, 5) is 42.2. The van der Waals surface area contributed by atoms with Crippen LogP contribution in [-0.2, 0) is 25.4 Å². The Balaban J connectivity index is 1.28. The molecule has 0 unspecified atom stereocenters. The summed E-state index contributed by atoms with van der Waals surface area (Å²) in [6.45, 7) is -1.37. The Morgan fingerprint density at radius 1 is 1.06 bits per heavy atom. The van der Waals surface area contributed by atoms with Gasteiger partial charge in [0.2, 0.25) is 12.7 Å². The SMILES string of the molecule is COC(=O)N[C@H](C(=O)Nc1cncc(F)c1CC[C@@H]1CN[C@H](COC(=O)NCC(F)(F)F)CO1)[C@@H](c1ccc(Cl)cc1)c1ccc2c(c1)OCO2. The topological polar surface area (TPSA) is 158 Å². The number of anilines is 1. The number of methoxy groups -OCH3 is 1. The van der Waals surface area contributed by atoms with Gasteiger partial charge in [0.05, 0.1) is 43.9 Å². The van der Waals surface area contributed by atoms with E-state index >= 15 is 4.39 Å². The van der Waals surface area contributed by atoms with E-state index in [1.54, 1.807) is 47.8 Å². The van der Waals surface area contributed by atoms with Crippen LogP contribution < -0.4 is 30.7 Å². The van der Waals surface area contributed by atoms with Crippen LogP contribution in [0.1, 0.15) is 29.0 Å². The van der Waals surface area contributed by atoms with Gasteiger partial charge in [-0.2, -0.15) is 13.2 Å². The van der Waals surface area contributed by atoms with Gasteiger partial charge in [0, 0.05) is 23.0 Å². The number of carbonyl (C=O) groups excluding carboxylic acids is 3. The zero-order chi connectivity index (χ0) is 36.5. The number of pyridine rings is 1. The van der Waals surface area contributed by atoms with Crippen LogP contribution in [0.4, 0.5) is 32.8 Å². The molecule has 0 radical (unpaired) electrons. The number of fused-ring (bicyclic) bond motifs is 1. The molecule has 4 atom stereocenters. The van der Waals surface area contributed by atoms with E-state index in [4.69, 9.17) is 35.3 Å². The van der Waals surface area contributed by atoms with Gasteiger partial charge in [-0.1, -0.05) is 29.8 Å². The second-order valence-electron chi connectivity index (χ2n) is 11.6. The summed E-state index contributed by atoms with van der Waals surface area (Å²) in [5.41, 5.74) is 1.40. The molecule has 2 aliphatic rings. The molecule has 13 nitrogen and oxygen atoms in total. The van der Waals surface area contributed by atoms with Crippen molar-refractivity contribution in [1.82, 2.24) is 20.9 Å². The predicted molar refractivity (Wildman–Crippen MR) is 173 cm³/mol. The zero-order valence-corrected chi connectivity index (χ0v) is 27.8. The fourth-order valence-electron chi connectivity index (χ4n) is 5.54. The molecule has 0 bridgehead atoms. The maximum Gasteiger partial charge on any atom is 0.407 e. The zero-order valence-electron chi connectivity index (χ0n) is 27.1. The van der Waals surface area contributed by atoms with Crippen molar-refractivity contribution in [2.75, 3.05) is 45.5 Å². The van der Waals surface area contributed by atoms with E-state index in [2.05, 4.69) is 20.9 Å². The van der Waals surface area contributed by atoms with E-state index in [0.717, 1.165) is 13.3 Å². The Morgan fingerprint density at radius 2 is 1.80 bits per heavy atom. The first kappa shape index (κ1) is 37.4. The molecule has 1 fully saturated rings. The largest absolute Gasteiger partial charge is 0.454 e. The summed E-state index contributed by atoms with van der Waals surface area (Å²) in [5.74, 6) is -1.24. The maximum atomic E-state index is 15.2. The molecule has 3 amide bonds. The fraction of sp³-hybridized carbons (Fsp3) is 0.394. The van der Waals surface area contributed by atoms with E-state index in [0.29, 0.717) is 34.1 Å². The minimum absolute atomic E-state index is 0.0219. The summed E-state index contributed by atoms with van der Waals surface area (Å²) in [6.07, 6.45) is -4.37. The lowest BCUT2D eigenvalue weighted by Crippen LogP contribution is -2.49. The van der Waals surface area contributed by atoms with Crippen LogP contribution >= 0.6 is 11.6 Å². The molecule has 2 aliphatic heterocycles. The van der Waals surface area contributed by atoms with Crippen LogP contribution in [0, 0.1) is 5.82 Å². The first-order valence-electron chi connectivity index (χ1n) is 15.6. The molecule has 3 heterocycles. The summed E-state index contributed by atoms with van der Waals surface area (Å²) >= 11 is 6.16. The summed E-state index contributed by atoms with van der Waals surface area (Å²) in [5, 5.41) is 10.5. The van der Waals surface area contributed by atoms with Gasteiger partial charge in [0.15, 0.2) is 11.5 Å². The molecule has 0 aliphatic carbocycles. The number of nitrogens with one attached hydrogen (secondary N) is 4. The number of morpholine rings is 1. The fourth-order valence-corrected chi connectivity index (χ4v) is 5.67. The number of halogens is 5. The van der Waals surface area contributed by atoms with Crippen LogP contribution in [0.5, 0.6) is 11.5 Å². The van der Waals surface area contributed by atoms with Crippen LogP contribution in [-0.4, -0.2) is 87.6 Å². The molecule has 2 aromatic carbocycles. The lowest BCUT2D eigenvalue weighted by molar-refractivity contribution is -0.124. The number of rotatable bonds is 12. The van der Waals surface area contributed by atoms with Crippen molar-refractivity contribution >= 4 is 35.4 Å². The summed E-state index contributed by atoms with van der Waals surface area (Å²) in [6, 6.07) is 10.1. The number of hydrogen-bond acceptors (Lipinski definition) is 10. The van der Waals surface area contributed by atoms with Crippen molar-refractivity contribution in [1.29, 1.82) is 0 Å². The van der Waals surface area contributed by atoms with E-state index in [9.17, 15) is 27.6 Å². The standard InChI is InChI=1S/C33H34ClF4N5O8/c1-47-32(46)43-29(28(18-2-5-20(34)6-3-18)19-4-9-26-27(10-19)51-17-50-26)30(44)42-25-13-39-12-24(35)23(25)8-7-22-11-40-21(14-48-22)15-49-31(45)41-16-33(36,37)38/h2-6,9-10,12-13,21-22,28-29,40H,7-8,11,14-17H2,1H3,(H,41,45)(H,42,44)(H,43,46)/t21-,22+,28-,29-/m0/s1. The van der Waals surface area contributed by atoms with Crippen molar-refractivity contribution in [3.8, 4) is 11.5 Å². The van der Waals surface area contributed by atoms with Gasteiger partial charge in [-0.3, -0.25) is 9.78 Å². The Hall–Kier alpha value is -4.87. The Labute approximate surface area is 294 Å². The lowest BCUT2D eigenvalue weighted by Gasteiger charge is -2.30. The van der Waals surface area contributed by atoms with Gasteiger partial charge in [-0.15, -0.1) is 0 Å². The molecule has 1 aromatic heterocycles. The molecule has 274 valence electrons. The van der Waals surface area contributed by atoms with Crippen molar-refractivity contribution < 1.29 is 55.6 Å². The second-order valence-corrected chi connectivity index (χ2v) is 12.0. The van der Waals surface area contributed by atoms with E-state index in [1.165, 1.54) is 6.20 Å². The molecular formula is C33H34ClF4N5O8. The summed E-state index contributed by atoms with van der Waals surface area (Å²) in [7, 11) is 1.16. The smallest absolute Gasteiger partial charge is 0.407 e. The second kappa shape index (κ2) is 16.9. The number of nitrogens with zero attached hydrogens (tertiary/aromatic N) is 1. The van der Waals surface area contributed by atoms with E-state index in [-0.39, 0.29) is 44.2 Å². The molecular weight excluding hydrogens is 706 g/mol. The van der Waals surface area contributed by atoms with Gasteiger partial charge in [-0.25, -0.2) is 14.0 Å². The van der Waals surface area contributed by atoms with Gasteiger partial charge < -0.3 is 45.0 Å². The van der Waals surface area contributed by atoms with E-state index in [1.807, 2.05) is 0 Å². The van der Waals surface area contributed by atoms with Gasteiger partial charge in [0.1, 0.15) is 25.0 Å². The van der Waals surface area contributed by atoms with Crippen LogP contribution in [0.2, 0.25) is 5.02 Å². The minimum Gasteiger partial charge on any atom is -0.454 e. The average Bonchev–Trinajstić information content (AvgIpc) is 3.58. The first-order valence-corrected chi connectivity index (χ1v) is 16.0. The summed E-state index contributed by atoms with van der Waals surface area (Å²) < 4.78 is 78.5. The Morgan fingerprint density at radius 3 is 2.51 bits per heavy atom. The van der Waals surface area contributed by atoms with Crippen molar-refractivity contribution in [3.63, 3.8) is 0 Å². The Kier molecular flexibility index (Phi) is 12.4. The lowest BCUT2D eigenvalue weighted by atomic mass is 9.84. The number of carbonyl (C=O) groups is 3. The molecule has 51 heavy (non-hydrogen) atoms. The highest BCUT2D eigenvalue weighted by Gasteiger charge is 2.35. The van der Waals surface area contributed by atoms with Crippen molar-refractivity contribution in [2.24, 2.45) is 0 Å². The molecule has 3 aromatic rings. The number of alkyl carbamates (subject to hydrolysis) is 2. The van der Waals surface area contributed by atoms with Crippen LogP contribution in [0.25, 0.3) is 0 Å². The Bertz CT molecular complexity index is 1690. The number of benzene rings is 2. The molecule has 0 spiro atoms. The van der Waals surface area contributed by atoms with Crippen LogP contribution in [0.15, 0.2) is 54.9 Å². The quantitative estimate of drug-likeness (QED) is 0.192. The van der Waals surface area contributed by atoms with Crippen molar-refractivity contribution in [2.45, 2.75) is 43.1 Å². The van der Waals surface area contributed by atoms with Crippen molar-refractivity contribution in [3.05, 3.63) is 82.4 Å². The molecule has 4 N–H and O–H groups in total. The average molecular weight is 740 g/mol. The number of amides is 3. The van der Waals surface area contributed by atoms with Gasteiger partial charge in [0.25, 0.3) is 0 Å². The monoisotopic (exact) mass is 739 g/mol. The highest BCUT2D eigenvalue weighted by molar-refractivity contribution is 6.30. The van der Waals surface area contributed by atoms with E-state index < -0.39 is 60.7 Å². The first-order chi connectivity index (χ1) is 24.4. The molecule has 0 saturated carbocycles. The third-order valence-electron chi connectivity index (χ3n) is 8.05. The third kappa shape index (κ3) is 10.3.